The Bertz CT molecular complexity index is 1820. The van der Waals surface area contributed by atoms with E-state index in [4.69, 9.17) is 13.9 Å². The average Bonchev–Trinajstić information content (AvgIpc) is 3.02. The smallest absolute Gasteiger partial charge is 0.343 e. The fourth-order valence-corrected chi connectivity index (χ4v) is 5.04. The Morgan fingerprint density at radius 2 is 1.69 bits per heavy atom. The lowest BCUT2D eigenvalue weighted by molar-refractivity contribution is -0.327. The zero-order chi connectivity index (χ0) is 32.6. The molecule has 0 radical (unpaired) electrons. The summed E-state index contributed by atoms with van der Waals surface area (Å²) in [4.78, 5) is 25.3. The Kier molecular flexibility index (Phi) is 8.53. The predicted octanol–water partition coefficient (Wildman–Crippen LogP) is 0.926. The van der Waals surface area contributed by atoms with Crippen LogP contribution in [0.5, 0.6) is 23.0 Å². The van der Waals surface area contributed by atoms with Gasteiger partial charge in [-0.1, -0.05) is 42.5 Å². The number of carboxylic acids is 1. The molecule has 0 amide bonds. The fourth-order valence-electron chi connectivity index (χ4n) is 5.04. The first-order valence-corrected chi connectivity index (χ1v) is 13.5. The minimum Gasteiger partial charge on any atom is -0.508 e. The Morgan fingerprint density at radius 3 is 2.36 bits per heavy atom. The topological polar surface area (TPSA) is 240 Å². The van der Waals surface area contributed by atoms with Crippen molar-refractivity contribution >= 4 is 29.1 Å². The van der Waals surface area contributed by atoms with Crippen LogP contribution in [-0.4, -0.2) is 90.3 Å². The molecule has 6 atom stereocenters. The van der Waals surface area contributed by atoms with Crippen molar-refractivity contribution in [3.05, 3.63) is 82.0 Å². The number of hydrogen-bond donors (Lipinski definition) is 9. The van der Waals surface area contributed by atoms with Gasteiger partial charge in [-0.15, -0.1) is 0 Å². The quantitative estimate of drug-likeness (QED) is 0.0754. The highest BCUT2D eigenvalue weighted by Crippen LogP contribution is 2.44. The van der Waals surface area contributed by atoms with Crippen LogP contribution in [0, 0.1) is 0 Å². The number of hydrogen-bond acceptors (Lipinski definition) is 13. The number of aliphatic carboxylic acids is 1. The molecule has 1 aromatic heterocycles. The maximum atomic E-state index is 13.1. The molecule has 6 unspecified atom stereocenters. The van der Waals surface area contributed by atoms with Crippen molar-refractivity contribution in [3.8, 4) is 34.3 Å². The summed E-state index contributed by atoms with van der Waals surface area (Å²) >= 11 is 0. The van der Waals surface area contributed by atoms with E-state index in [1.807, 2.05) is 30.3 Å². The molecule has 0 saturated carbocycles. The van der Waals surface area contributed by atoms with Gasteiger partial charge in [-0.3, -0.25) is 10.1 Å². The molecule has 9 N–H and O–H groups in total. The number of phenols is 3. The summed E-state index contributed by atoms with van der Waals surface area (Å²) in [6, 6.07) is 15.6. The Morgan fingerprint density at radius 1 is 0.978 bits per heavy atom. The van der Waals surface area contributed by atoms with E-state index < -0.39 is 70.5 Å². The minimum atomic E-state index is -2.95. The number of carboxylic acid groups (broad SMARTS) is 1. The monoisotopic (exact) mass is 623 g/mol. The highest BCUT2D eigenvalue weighted by Gasteiger charge is 2.63. The van der Waals surface area contributed by atoms with Gasteiger partial charge in [0.05, 0.1) is 0 Å². The van der Waals surface area contributed by atoms with Crippen molar-refractivity contribution < 1.29 is 59.5 Å². The first-order valence-electron chi connectivity index (χ1n) is 13.5. The Balaban J connectivity index is 1.58. The third kappa shape index (κ3) is 5.57. The number of rotatable bonds is 8. The summed E-state index contributed by atoms with van der Waals surface area (Å²) in [5, 5.41) is 84.8. The van der Waals surface area contributed by atoms with Gasteiger partial charge in [-0.05, 0) is 36.4 Å². The molecule has 5 rings (SSSR count). The summed E-state index contributed by atoms with van der Waals surface area (Å²) in [6.45, 7) is 0. The first-order chi connectivity index (χ1) is 21.4. The van der Waals surface area contributed by atoms with Crippen LogP contribution < -0.4 is 15.5 Å². The number of aromatic hydroxyl groups is 3. The molecule has 14 nitrogen and oxygen atoms in total. The molecule has 0 bridgehead atoms. The average molecular weight is 624 g/mol. The summed E-state index contributed by atoms with van der Waals surface area (Å²) < 4.78 is 16.7. The van der Waals surface area contributed by atoms with Crippen molar-refractivity contribution in [2.24, 2.45) is 0 Å². The van der Waals surface area contributed by atoms with Crippen LogP contribution >= 0.6 is 0 Å². The van der Waals surface area contributed by atoms with Crippen LogP contribution in [0.25, 0.3) is 34.4 Å². The molecular formula is C31H29NO13. The number of carbonyl (C=O) groups is 1. The lowest BCUT2D eigenvalue weighted by Gasteiger charge is -2.47. The van der Waals surface area contributed by atoms with E-state index >= 15 is 0 Å². The van der Waals surface area contributed by atoms with Crippen LogP contribution in [0.2, 0.25) is 0 Å². The number of nitrogens with one attached hydrogen (secondary N) is 1. The van der Waals surface area contributed by atoms with Gasteiger partial charge in [0.2, 0.25) is 17.6 Å². The zero-order valence-corrected chi connectivity index (χ0v) is 23.4. The number of aliphatic hydroxyl groups excluding tert-OH is 4. The molecule has 14 heteroatoms. The minimum absolute atomic E-state index is 0.00853. The van der Waals surface area contributed by atoms with E-state index in [9.17, 15) is 50.4 Å². The van der Waals surface area contributed by atoms with Crippen LogP contribution in [0.1, 0.15) is 11.1 Å². The summed E-state index contributed by atoms with van der Waals surface area (Å²) in [5.41, 5.74) is -2.36. The fraction of sp³-hybridized carbons (Fsp3) is 0.226. The molecule has 45 heavy (non-hydrogen) atoms. The summed E-state index contributed by atoms with van der Waals surface area (Å²) in [5.74, 6) is -4.68. The number of aliphatic hydroxyl groups is 4. The van der Waals surface area contributed by atoms with E-state index in [2.05, 4.69) is 5.32 Å². The number of likely N-dealkylation sites (N-methyl/N-ethyl adjacent to an activating group) is 1. The van der Waals surface area contributed by atoms with Gasteiger partial charge < -0.3 is 54.7 Å². The zero-order valence-electron chi connectivity index (χ0n) is 23.4. The summed E-state index contributed by atoms with van der Waals surface area (Å²) in [7, 11) is 1.14. The Hall–Kier alpha value is -4.96. The first kappa shape index (κ1) is 31.5. The number of phenolic OH excluding ortho intramolecular Hbond substituents is 3. The van der Waals surface area contributed by atoms with Crippen molar-refractivity contribution in [1.29, 1.82) is 0 Å². The molecule has 4 aromatic rings. The largest absolute Gasteiger partial charge is 0.508 e. The third-order valence-corrected chi connectivity index (χ3v) is 7.45. The van der Waals surface area contributed by atoms with Crippen LogP contribution in [0.4, 0.5) is 0 Å². The van der Waals surface area contributed by atoms with Crippen LogP contribution in [0.15, 0.2) is 69.9 Å². The standard InChI is InChI=1S/C31H29NO13/c1-32-29(40)31(30(41)42)27(39)25(37)26(38)28(45-31)44-21-13-20-22(24(36)23(21)35)18(34)12-19(43-20)17-10-9-16(33)11-15(17)8-7-14-5-3-2-4-6-14/h2-13,25-29,32-33,35-40H,1H3,(H,41,42). The number of fused-ring (bicyclic) bond motifs is 1. The maximum absolute atomic E-state index is 13.1. The molecule has 1 saturated heterocycles. The van der Waals surface area contributed by atoms with Gasteiger partial charge in [-0.25, -0.2) is 4.79 Å². The highest BCUT2D eigenvalue weighted by atomic mass is 16.7. The lowest BCUT2D eigenvalue weighted by atomic mass is 9.85. The van der Waals surface area contributed by atoms with Crippen molar-refractivity contribution in [3.63, 3.8) is 0 Å². The van der Waals surface area contributed by atoms with Gasteiger partial charge in [0.25, 0.3) is 0 Å². The van der Waals surface area contributed by atoms with Gasteiger partial charge in [0, 0.05) is 17.7 Å². The Labute approximate surface area is 253 Å². The number of benzene rings is 3. The second-order valence-electron chi connectivity index (χ2n) is 10.3. The molecule has 1 aliphatic rings. The molecule has 1 fully saturated rings. The van der Waals surface area contributed by atoms with E-state index in [-0.39, 0.29) is 17.1 Å². The predicted molar refractivity (Wildman–Crippen MR) is 157 cm³/mol. The normalized spacial score (nSPS) is 24.1. The SMILES string of the molecule is CNC(O)C1(C(=O)O)OC(Oc2cc3oc(-c4ccc(O)cc4C=Cc4ccccc4)cc(=O)c3c(O)c2O)C(O)C(O)C1O. The molecule has 1 aliphatic heterocycles. The molecule has 0 spiro atoms. The maximum Gasteiger partial charge on any atom is 0.343 e. The second kappa shape index (κ2) is 12.2. The van der Waals surface area contributed by atoms with E-state index in [1.54, 1.807) is 12.2 Å². The van der Waals surface area contributed by atoms with Crippen molar-refractivity contribution in [1.82, 2.24) is 5.32 Å². The highest BCUT2D eigenvalue weighted by molar-refractivity contribution is 5.90. The molecule has 0 aliphatic carbocycles. The molecule has 2 heterocycles. The molecular weight excluding hydrogens is 594 g/mol. The molecule has 3 aromatic carbocycles. The van der Waals surface area contributed by atoms with Gasteiger partial charge >= 0.3 is 5.97 Å². The van der Waals surface area contributed by atoms with Gasteiger partial charge in [0.1, 0.15) is 47.0 Å². The third-order valence-electron chi connectivity index (χ3n) is 7.45. The second-order valence-corrected chi connectivity index (χ2v) is 10.3. The number of ether oxygens (including phenoxy) is 2. The summed E-state index contributed by atoms with van der Waals surface area (Å²) in [6.07, 6.45) is -7.49. The van der Waals surface area contributed by atoms with Crippen LogP contribution in [0.3, 0.4) is 0 Å². The van der Waals surface area contributed by atoms with Gasteiger partial charge in [-0.2, -0.15) is 0 Å². The van der Waals surface area contributed by atoms with Crippen molar-refractivity contribution in [2.75, 3.05) is 7.05 Å². The molecule has 236 valence electrons. The van der Waals surface area contributed by atoms with Crippen LogP contribution in [-0.2, 0) is 9.53 Å². The van der Waals surface area contributed by atoms with E-state index in [1.165, 1.54) is 18.2 Å². The lowest BCUT2D eigenvalue weighted by Crippen LogP contribution is -2.74. The van der Waals surface area contributed by atoms with E-state index in [0.717, 1.165) is 24.7 Å². The van der Waals surface area contributed by atoms with Crippen molar-refractivity contribution in [2.45, 2.75) is 36.4 Å². The van der Waals surface area contributed by atoms with Gasteiger partial charge in [0.15, 0.2) is 16.9 Å². The van der Waals surface area contributed by atoms with E-state index in [0.29, 0.717) is 11.1 Å².